The zero-order valence-corrected chi connectivity index (χ0v) is 20.2. The topological polar surface area (TPSA) is 80.5 Å². The monoisotopic (exact) mass is 486 g/mol. The van der Waals surface area contributed by atoms with E-state index in [1.807, 2.05) is 74.5 Å². The van der Waals surface area contributed by atoms with Crippen molar-refractivity contribution < 1.29 is 14.1 Å². The molecule has 1 N–H and O–H groups in total. The summed E-state index contributed by atoms with van der Waals surface area (Å²) in [4.78, 5) is 19.6. The molecule has 0 spiro atoms. The van der Waals surface area contributed by atoms with Crippen molar-refractivity contribution in [1.82, 2.24) is 15.5 Å². The molecular weight excluding hydrogens is 464 g/mol. The minimum Gasteiger partial charge on any atom is -0.497 e. The van der Waals surface area contributed by atoms with Crippen LogP contribution in [-0.4, -0.2) is 23.3 Å². The van der Waals surface area contributed by atoms with Gasteiger partial charge < -0.3 is 14.6 Å². The number of rotatable bonds is 5. The highest BCUT2D eigenvalue weighted by atomic mass is 35.5. The van der Waals surface area contributed by atoms with Gasteiger partial charge in [0.25, 0.3) is 5.89 Å². The maximum absolute atomic E-state index is 13.3. The third kappa shape index (κ3) is 4.38. The minimum absolute atomic E-state index is 0.246. The Labute approximate surface area is 208 Å². The number of aryl methyl sites for hydroxylation is 1. The minimum atomic E-state index is -0.501. The van der Waals surface area contributed by atoms with Crippen LogP contribution in [0.3, 0.4) is 0 Å². The number of aromatic nitrogens is 2. The molecule has 5 rings (SSSR count). The van der Waals surface area contributed by atoms with Gasteiger partial charge in [0.1, 0.15) is 5.75 Å². The van der Waals surface area contributed by atoms with Gasteiger partial charge in [0.2, 0.25) is 5.82 Å². The molecule has 7 nitrogen and oxygen atoms in total. The van der Waals surface area contributed by atoms with Crippen LogP contribution in [0.4, 0.5) is 10.5 Å². The number of urea groups is 1. The fourth-order valence-corrected chi connectivity index (χ4v) is 4.34. The van der Waals surface area contributed by atoms with Crippen molar-refractivity contribution in [3.63, 3.8) is 0 Å². The van der Waals surface area contributed by atoms with E-state index in [1.165, 1.54) is 0 Å². The third-order valence-corrected chi connectivity index (χ3v) is 6.18. The van der Waals surface area contributed by atoms with E-state index in [4.69, 9.17) is 25.8 Å². The van der Waals surface area contributed by atoms with Gasteiger partial charge in [-0.15, -0.1) is 0 Å². The Bertz CT molecular complexity index is 1430. The predicted octanol–water partition coefficient (Wildman–Crippen LogP) is 6.41. The normalized spacial score (nSPS) is 15.8. The number of benzene rings is 3. The van der Waals surface area contributed by atoms with Crippen LogP contribution in [0.1, 0.15) is 30.0 Å². The maximum atomic E-state index is 13.3. The summed E-state index contributed by atoms with van der Waals surface area (Å²) < 4.78 is 11.1. The zero-order valence-electron chi connectivity index (χ0n) is 19.4. The lowest BCUT2D eigenvalue weighted by molar-refractivity contribution is 0.244. The number of methoxy groups -OCH3 is 1. The van der Waals surface area contributed by atoms with Crippen LogP contribution in [0.2, 0.25) is 5.02 Å². The van der Waals surface area contributed by atoms with E-state index in [2.05, 4.69) is 10.5 Å². The molecule has 3 aromatic carbocycles. The van der Waals surface area contributed by atoms with Gasteiger partial charge in [-0.25, -0.2) is 4.79 Å². The van der Waals surface area contributed by atoms with Gasteiger partial charge in [0, 0.05) is 16.3 Å². The molecule has 1 aliphatic heterocycles. The van der Waals surface area contributed by atoms with Gasteiger partial charge in [-0.2, -0.15) is 4.98 Å². The molecular formula is C27H23ClN4O3. The summed E-state index contributed by atoms with van der Waals surface area (Å²) in [6.45, 7) is 3.87. The number of nitrogens with one attached hydrogen (secondary N) is 1. The number of hydrogen-bond donors (Lipinski definition) is 1. The van der Waals surface area contributed by atoms with Gasteiger partial charge in [0.05, 0.1) is 24.4 Å². The van der Waals surface area contributed by atoms with E-state index in [9.17, 15) is 4.79 Å². The number of hydrogen-bond acceptors (Lipinski definition) is 5. The smallest absolute Gasteiger partial charge is 0.326 e. The van der Waals surface area contributed by atoms with E-state index in [0.29, 0.717) is 33.8 Å². The summed E-state index contributed by atoms with van der Waals surface area (Å²) in [5.41, 5.74) is 4.80. The van der Waals surface area contributed by atoms with E-state index in [0.717, 1.165) is 22.4 Å². The molecule has 0 saturated heterocycles. The highest BCUT2D eigenvalue weighted by molar-refractivity contribution is 6.30. The number of ether oxygens (including phenoxy) is 1. The van der Waals surface area contributed by atoms with E-state index < -0.39 is 6.04 Å². The summed E-state index contributed by atoms with van der Waals surface area (Å²) in [7, 11) is 1.61. The fraction of sp³-hybridized carbons (Fsp3) is 0.148. The van der Waals surface area contributed by atoms with Gasteiger partial charge >= 0.3 is 6.03 Å². The third-order valence-electron chi connectivity index (χ3n) is 5.93. The zero-order chi connectivity index (χ0) is 24.5. The van der Waals surface area contributed by atoms with Crippen molar-refractivity contribution in [2.75, 3.05) is 12.0 Å². The maximum Gasteiger partial charge on any atom is 0.326 e. The first kappa shape index (κ1) is 22.7. The highest BCUT2D eigenvalue weighted by Crippen LogP contribution is 2.39. The van der Waals surface area contributed by atoms with Crippen LogP contribution < -0.4 is 15.0 Å². The highest BCUT2D eigenvalue weighted by Gasteiger charge is 2.36. The van der Waals surface area contributed by atoms with Crippen molar-refractivity contribution in [2.24, 2.45) is 0 Å². The van der Waals surface area contributed by atoms with E-state index in [1.54, 1.807) is 24.1 Å². The Balaban J connectivity index is 1.65. The predicted molar refractivity (Wildman–Crippen MR) is 135 cm³/mol. The SMILES string of the molecule is COc1cccc(-c2noc(C3=C(C)N(c4cccc(C)c4)C(=O)NC3c3ccc(Cl)cc3)n2)c1. The molecule has 0 saturated carbocycles. The lowest BCUT2D eigenvalue weighted by Gasteiger charge is -2.35. The first-order valence-electron chi connectivity index (χ1n) is 11.1. The number of anilines is 1. The first-order valence-corrected chi connectivity index (χ1v) is 11.4. The van der Waals surface area contributed by atoms with Crippen LogP contribution in [-0.2, 0) is 0 Å². The molecule has 35 heavy (non-hydrogen) atoms. The molecule has 2 heterocycles. The summed E-state index contributed by atoms with van der Waals surface area (Å²) in [5.74, 6) is 1.44. The molecule has 0 fully saturated rings. The molecule has 0 aliphatic carbocycles. The molecule has 2 amide bonds. The quantitative estimate of drug-likeness (QED) is 0.352. The van der Waals surface area contributed by atoms with Crippen LogP contribution in [0.25, 0.3) is 17.0 Å². The van der Waals surface area contributed by atoms with Crippen LogP contribution in [0, 0.1) is 6.92 Å². The number of amides is 2. The van der Waals surface area contributed by atoms with Crippen molar-refractivity contribution in [1.29, 1.82) is 0 Å². The molecule has 4 aromatic rings. The number of carbonyl (C=O) groups is 1. The van der Waals surface area contributed by atoms with Crippen molar-refractivity contribution in [3.05, 3.63) is 101 Å². The molecule has 8 heteroatoms. The van der Waals surface area contributed by atoms with Crippen molar-refractivity contribution in [3.8, 4) is 17.1 Å². The average molecular weight is 487 g/mol. The average Bonchev–Trinajstić information content (AvgIpc) is 3.34. The number of halogens is 1. The Kier molecular flexibility index (Phi) is 6.01. The Morgan fingerprint density at radius 3 is 2.54 bits per heavy atom. The Morgan fingerprint density at radius 2 is 1.80 bits per heavy atom. The van der Waals surface area contributed by atoms with Crippen molar-refractivity contribution in [2.45, 2.75) is 19.9 Å². The van der Waals surface area contributed by atoms with Gasteiger partial charge in [-0.1, -0.05) is 53.2 Å². The number of nitrogens with zero attached hydrogens (tertiary/aromatic N) is 3. The van der Waals surface area contributed by atoms with Gasteiger partial charge in [-0.3, -0.25) is 4.90 Å². The van der Waals surface area contributed by atoms with Gasteiger partial charge in [0.15, 0.2) is 0 Å². The standard InChI is InChI=1S/C27H23ClN4O3/c1-16-6-4-8-21(14-16)32-17(2)23(24(29-27(32)33)18-10-12-20(28)13-11-18)26-30-25(31-35-26)19-7-5-9-22(15-19)34-3/h4-15,24H,1-3H3,(H,29,33). The molecule has 0 bridgehead atoms. The van der Waals surface area contributed by atoms with Crippen LogP contribution in [0.15, 0.2) is 83.0 Å². The second-order valence-electron chi connectivity index (χ2n) is 8.26. The molecule has 1 aromatic heterocycles. The second-order valence-corrected chi connectivity index (χ2v) is 8.70. The largest absolute Gasteiger partial charge is 0.497 e. The van der Waals surface area contributed by atoms with E-state index in [-0.39, 0.29) is 6.03 Å². The van der Waals surface area contributed by atoms with Crippen LogP contribution >= 0.6 is 11.6 Å². The Hall–Kier alpha value is -4.10. The molecule has 1 atom stereocenters. The molecule has 1 unspecified atom stereocenters. The van der Waals surface area contributed by atoms with Crippen molar-refractivity contribution >= 4 is 28.9 Å². The number of allylic oxidation sites excluding steroid dienone is 1. The number of carbonyl (C=O) groups excluding carboxylic acids is 1. The fourth-order valence-electron chi connectivity index (χ4n) is 4.22. The lowest BCUT2D eigenvalue weighted by atomic mass is 9.94. The second kappa shape index (κ2) is 9.27. The Morgan fingerprint density at radius 1 is 1.03 bits per heavy atom. The van der Waals surface area contributed by atoms with Gasteiger partial charge in [-0.05, 0) is 61.4 Å². The summed E-state index contributed by atoms with van der Waals surface area (Å²) in [6.07, 6.45) is 0. The molecule has 176 valence electrons. The van der Waals surface area contributed by atoms with Crippen LogP contribution in [0.5, 0.6) is 5.75 Å². The van der Waals surface area contributed by atoms with E-state index >= 15 is 0 Å². The first-order chi connectivity index (χ1) is 16.9. The summed E-state index contributed by atoms with van der Waals surface area (Å²) in [6, 6.07) is 21.8. The summed E-state index contributed by atoms with van der Waals surface area (Å²) >= 11 is 6.12. The molecule has 0 radical (unpaired) electrons. The summed E-state index contributed by atoms with van der Waals surface area (Å²) in [5, 5.41) is 7.93. The lowest BCUT2D eigenvalue weighted by Crippen LogP contribution is -2.46. The molecule has 1 aliphatic rings.